The predicted molar refractivity (Wildman–Crippen MR) is 51.9 cm³/mol. The van der Waals surface area contributed by atoms with Crippen molar-refractivity contribution in [3.8, 4) is 23.6 Å². The predicted octanol–water partition coefficient (Wildman–Crippen LogP) is 1.82. The molecule has 0 aliphatic carbocycles. The summed E-state index contributed by atoms with van der Waals surface area (Å²) >= 11 is 0. The second kappa shape index (κ2) is 3.73. The van der Waals surface area contributed by atoms with Gasteiger partial charge in [-0.2, -0.15) is 10.5 Å². The van der Waals surface area contributed by atoms with Gasteiger partial charge in [0.15, 0.2) is 11.5 Å². The molecule has 15 heavy (non-hydrogen) atoms. The average molecular weight is 198 g/mol. The van der Waals surface area contributed by atoms with Gasteiger partial charge in [0.1, 0.15) is 0 Å². The number of hydrogen-bond donors (Lipinski definition) is 0. The molecule has 0 amide bonds. The normalized spacial score (nSPS) is 12.4. The van der Waals surface area contributed by atoms with Gasteiger partial charge < -0.3 is 9.47 Å². The van der Waals surface area contributed by atoms with Gasteiger partial charge in [0, 0.05) is 12.1 Å². The molecule has 0 saturated heterocycles. The van der Waals surface area contributed by atoms with Crippen LogP contribution in [0.5, 0.6) is 11.5 Å². The molecule has 4 nitrogen and oxygen atoms in total. The zero-order valence-corrected chi connectivity index (χ0v) is 7.73. The Labute approximate surface area is 86.6 Å². The number of rotatable bonds is 1. The standard InChI is InChI=1S/C11H6N2O2/c12-3-1-2-8-4-10-11(15-7-14-10)5-9(8)6-13/h1-2,4-5H,7H2. The molecule has 0 bridgehead atoms. The second-order valence-corrected chi connectivity index (χ2v) is 2.87. The van der Waals surface area contributed by atoms with Gasteiger partial charge in [0.05, 0.1) is 17.7 Å². The first-order chi connectivity index (χ1) is 7.35. The number of hydrogen-bond acceptors (Lipinski definition) is 4. The number of allylic oxidation sites excluding steroid dienone is 1. The van der Waals surface area contributed by atoms with E-state index in [2.05, 4.69) is 0 Å². The van der Waals surface area contributed by atoms with Crippen molar-refractivity contribution in [3.05, 3.63) is 29.3 Å². The van der Waals surface area contributed by atoms with E-state index >= 15 is 0 Å². The van der Waals surface area contributed by atoms with Gasteiger partial charge in [-0.15, -0.1) is 0 Å². The Morgan fingerprint density at radius 1 is 1.20 bits per heavy atom. The Morgan fingerprint density at radius 2 is 1.93 bits per heavy atom. The monoisotopic (exact) mass is 198 g/mol. The lowest BCUT2D eigenvalue weighted by molar-refractivity contribution is 0.174. The van der Waals surface area contributed by atoms with Crippen molar-refractivity contribution in [3.63, 3.8) is 0 Å². The van der Waals surface area contributed by atoms with Gasteiger partial charge in [-0.1, -0.05) is 0 Å². The van der Waals surface area contributed by atoms with E-state index in [1.54, 1.807) is 18.2 Å². The third kappa shape index (κ3) is 1.61. The smallest absolute Gasteiger partial charge is 0.231 e. The van der Waals surface area contributed by atoms with E-state index in [9.17, 15) is 0 Å². The van der Waals surface area contributed by atoms with Crippen LogP contribution in [0.1, 0.15) is 11.1 Å². The number of nitriles is 2. The van der Waals surface area contributed by atoms with E-state index < -0.39 is 0 Å². The third-order valence-electron chi connectivity index (χ3n) is 2.00. The van der Waals surface area contributed by atoms with Crippen LogP contribution in [0.4, 0.5) is 0 Å². The Hall–Kier alpha value is -2.46. The van der Waals surface area contributed by atoms with Crippen LogP contribution in [0.2, 0.25) is 0 Å². The summed E-state index contributed by atoms with van der Waals surface area (Å²) in [7, 11) is 0. The van der Waals surface area contributed by atoms with Gasteiger partial charge >= 0.3 is 0 Å². The molecule has 0 N–H and O–H groups in total. The molecule has 2 rings (SSSR count). The minimum atomic E-state index is 0.172. The topological polar surface area (TPSA) is 66.0 Å². The molecule has 0 spiro atoms. The van der Waals surface area contributed by atoms with Gasteiger partial charge in [-0.25, -0.2) is 0 Å². The van der Waals surface area contributed by atoms with Crippen LogP contribution in [-0.2, 0) is 0 Å². The molecule has 0 fully saturated rings. The molecule has 0 unspecified atom stereocenters. The van der Waals surface area contributed by atoms with Crippen LogP contribution in [-0.4, -0.2) is 6.79 Å². The van der Waals surface area contributed by atoms with Gasteiger partial charge in [-0.3, -0.25) is 0 Å². The lowest BCUT2D eigenvalue weighted by Gasteiger charge is -2.00. The van der Waals surface area contributed by atoms with Crippen LogP contribution in [0, 0.1) is 22.7 Å². The zero-order chi connectivity index (χ0) is 10.7. The molecule has 0 atom stereocenters. The van der Waals surface area contributed by atoms with E-state index in [0.717, 1.165) is 0 Å². The first kappa shape index (κ1) is 9.11. The maximum atomic E-state index is 8.89. The van der Waals surface area contributed by atoms with Crippen molar-refractivity contribution in [1.29, 1.82) is 10.5 Å². The first-order valence-corrected chi connectivity index (χ1v) is 4.25. The largest absolute Gasteiger partial charge is 0.454 e. The molecule has 0 radical (unpaired) electrons. The molecule has 0 aromatic heterocycles. The van der Waals surface area contributed by atoms with Gasteiger partial charge in [0.25, 0.3) is 0 Å². The molecular formula is C11H6N2O2. The van der Waals surface area contributed by atoms with Crippen molar-refractivity contribution >= 4 is 6.08 Å². The summed E-state index contributed by atoms with van der Waals surface area (Å²) in [6, 6.07) is 7.21. The van der Waals surface area contributed by atoms with Crippen LogP contribution < -0.4 is 9.47 Å². The molecule has 1 aliphatic heterocycles. The summed E-state index contributed by atoms with van der Waals surface area (Å²) in [4.78, 5) is 0. The highest BCUT2D eigenvalue weighted by molar-refractivity contribution is 5.65. The highest BCUT2D eigenvalue weighted by Gasteiger charge is 2.15. The Balaban J connectivity index is 2.51. The van der Waals surface area contributed by atoms with Crippen LogP contribution in [0.3, 0.4) is 0 Å². The summed E-state index contributed by atoms with van der Waals surface area (Å²) in [6.07, 6.45) is 2.89. The average Bonchev–Trinajstić information content (AvgIpc) is 2.71. The maximum absolute atomic E-state index is 8.89. The van der Waals surface area contributed by atoms with E-state index in [-0.39, 0.29) is 6.79 Å². The van der Waals surface area contributed by atoms with Crippen molar-refractivity contribution in [2.45, 2.75) is 0 Å². The molecule has 1 aromatic carbocycles. The Morgan fingerprint density at radius 3 is 2.60 bits per heavy atom. The maximum Gasteiger partial charge on any atom is 0.231 e. The number of benzene rings is 1. The number of fused-ring (bicyclic) bond motifs is 1. The SMILES string of the molecule is N#CC=Cc1cc2c(cc1C#N)OCO2. The fraction of sp³-hybridized carbons (Fsp3) is 0.0909. The van der Waals surface area contributed by atoms with Crippen molar-refractivity contribution in [2.75, 3.05) is 6.79 Å². The summed E-state index contributed by atoms with van der Waals surface area (Å²) in [6.45, 7) is 0.172. The van der Waals surface area contributed by atoms with Crippen molar-refractivity contribution in [1.82, 2.24) is 0 Å². The molecular weight excluding hydrogens is 192 g/mol. The first-order valence-electron chi connectivity index (χ1n) is 4.25. The van der Waals surface area contributed by atoms with E-state index in [4.69, 9.17) is 20.0 Å². The summed E-state index contributed by atoms with van der Waals surface area (Å²) < 4.78 is 10.3. The highest BCUT2D eigenvalue weighted by Crippen LogP contribution is 2.34. The molecule has 72 valence electrons. The fourth-order valence-corrected chi connectivity index (χ4v) is 1.32. The lowest BCUT2D eigenvalue weighted by atomic mass is 10.1. The van der Waals surface area contributed by atoms with E-state index in [0.29, 0.717) is 22.6 Å². The van der Waals surface area contributed by atoms with E-state index in [1.165, 1.54) is 6.08 Å². The van der Waals surface area contributed by atoms with Crippen LogP contribution >= 0.6 is 0 Å². The molecule has 0 saturated carbocycles. The highest BCUT2D eigenvalue weighted by atomic mass is 16.7. The van der Waals surface area contributed by atoms with Crippen molar-refractivity contribution in [2.24, 2.45) is 0 Å². The van der Waals surface area contributed by atoms with E-state index in [1.807, 2.05) is 12.1 Å². The molecule has 1 aromatic rings. The Kier molecular flexibility index (Phi) is 2.26. The quantitative estimate of drug-likeness (QED) is 0.645. The molecule has 4 heteroatoms. The van der Waals surface area contributed by atoms with Gasteiger partial charge in [0.2, 0.25) is 6.79 Å². The number of nitrogens with zero attached hydrogens (tertiary/aromatic N) is 2. The second-order valence-electron chi connectivity index (χ2n) is 2.87. The third-order valence-corrected chi connectivity index (χ3v) is 2.00. The fourth-order valence-electron chi connectivity index (χ4n) is 1.32. The minimum Gasteiger partial charge on any atom is -0.454 e. The summed E-state index contributed by atoms with van der Waals surface area (Å²) in [5.74, 6) is 1.17. The van der Waals surface area contributed by atoms with Crippen LogP contribution in [0.15, 0.2) is 18.2 Å². The van der Waals surface area contributed by atoms with Crippen LogP contribution in [0.25, 0.3) is 6.08 Å². The van der Waals surface area contributed by atoms with Crippen molar-refractivity contribution < 1.29 is 9.47 Å². The zero-order valence-electron chi connectivity index (χ0n) is 7.73. The molecule has 1 aliphatic rings. The summed E-state index contributed by atoms with van der Waals surface area (Å²) in [5.41, 5.74) is 1.12. The minimum absolute atomic E-state index is 0.172. The number of ether oxygens (including phenoxy) is 2. The molecule has 1 heterocycles. The lowest BCUT2D eigenvalue weighted by Crippen LogP contribution is -1.92. The van der Waals surface area contributed by atoms with Gasteiger partial charge in [-0.05, 0) is 17.7 Å². The Bertz CT molecular complexity index is 507. The summed E-state index contributed by atoms with van der Waals surface area (Å²) in [5, 5.41) is 17.3.